The molecular formula is C19H18N2. The van der Waals surface area contributed by atoms with E-state index in [0.29, 0.717) is 0 Å². The maximum absolute atomic E-state index is 9.53. The summed E-state index contributed by atoms with van der Waals surface area (Å²) in [6.45, 7) is 8.69. The van der Waals surface area contributed by atoms with Crippen LogP contribution in [0.5, 0.6) is 0 Å². The highest BCUT2D eigenvalue weighted by molar-refractivity contribution is 5.82. The van der Waals surface area contributed by atoms with E-state index < -0.39 is 0 Å². The summed E-state index contributed by atoms with van der Waals surface area (Å²) in [5.41, 5.74) is 8.12. The number of fused-ring (bicyclic) bond motifs is 1. The van der Waals surface area contributed by atoms with Crippen molar-refractivity contribution < 1.29 is 0 Å². The zero-order valence-corrected chi connectivity index (χ0v) is 12.9. The molecule has 0 N–H and O–H groups in total. The Bertz CT molecular complexity index is 823. The third-order valence-electron chi connectivity index (χ3n) is 4.82. The predicted octanol–water partition coefficient (Wildman–Crippen LogP) is 4.88. The molecular weight excluding hydrogens is 256 g/mol. The Hall–Kier alpha value is -2.40. The number of rotatable bonds is 1. The predicted molar refractivity (Wildman–Crippen MR) is 85.9 cm³/mol. The molecule has 0 fully saturated rings. The van der Waals surface area contributed by atoms with Crippen LogP contribution in [-0.2, 0) is 0 Å². The molecule has 2 heteroatoms. The molecule has 3 rings (SSSR count). The zero-order valence-electron chi connectivity index (χ0n) is 12.9. The lowest BCUT2D eigenvalue weighted by atomic mass is 9.85. The fourth-order valence-electron chi connectivity index (χ4n) is 3.29. The number of nitriles is 1. The van der Waals surface area contributed by atoms with Gasteiger partial charge in [-0.3, -0.25) is 4.98 Å². The minimum Gasteiger partial charge on any atom is -0.256 e. The Morgan fingerprint density at radius 2 is 1.71 bits per heavy atom. The Morgan fingerprint density at radius 1 is 1.05 bits per heavy atom. The number of aromatic nitrogens is 1. The Morgan fingerprint density at radius 3 is 2.33 bits per heavy atom. The molecule has 1 aromatic carbocycles. The molecule has 0 atom stereocenters. The second kappa shape index (κ2) is 4.86. The van der Waals surface area contributed by atoms with Crippen molar-refractivity contribution in [2.24, 2.45) is 0 Å². The van der Waals surface area contributed by atoms with Gasteiger partial charge < -0.3 is 0 Å². The van der Waals surface area contributed by atoms with Crippen LogP contribution in [0.1, 0.15) is 44.7 Å². The number of benzene rings is 1. The minimum atomic E-state index is 0.226. The van der Waals surface area contributed by atoms with Crippen molar-refractivity contribution in [3.63, 3.8) is 0 Å². The summed E-state index contributed by atoms with van der Waals surface area (Å²) in [5, 5.41) is 10.6. The van der Waals surface area contributed by atoms with Gasteiger partial charge in [0, 0.05) is 17.5 Å². The van der Waals surface area contributed by atoms with E-state index in [4.69, 9.17) is 0 Å². The summed E-state index contributed by atoms with van der Waals surface area (Å²) in [7, 11) is 0. The highest BCUT2D eigenvalue weighted by Gasteiger charge is 2.27. The first-order valence-corrected chi connectivity index (χ1v) is 7.18. The number of allylic oxidation sites excluding steroid dienone is 4. The lowest BCUT2D eigenvalue weighted by Gasteiger charge is -2.18. The largest absolute Gasteiger partial charge is 0.256 e. The third-order valence-corrected chi connectivity index (χ3v) is 4.82. The molecule has 21 heavy (non-hydrogen) atoms. The van der Waals surface area contributed by atoms with Crippen molar-refractivity contribution in [1.29, 1.82) is 5.26 Å². The summed E-state index contributed by atoms with van der Waals surface area (Å²) in [6, 6.07) is 10.4. The van der Waals surface area contributed by atoms with Crippen LogP contribution in [-0.4, -0.2) is 4.98 Å². The number of hydrogen-bond acceptors (Lipinski definition) is 2. The molecule has 1 aliphatic carbocycles. The van der Waals surface area contributed by atoms with E-state index in [1.54, 1.807) is 6.20 Å². The van der Waals surface area contributed by atoms with Crippen molar-refractivity contribution in [1.82, 2.24) is 4.98 Å². The van der Waals surface area contributed by atoms with Crippen LogP contribution in [0.25, 0.3) is 10.9 Å². The molecule has 0 amide bonds. The summed E-state index contributed by atoms with van der Waals surface area (Å²) in [5.74, 6) is 0.226. The van der Waals surface area contributed by atoms with Crippen LogP contribution < -0.4 is 0 Å². The van der Waals surface area contributed by atoms with E-state index in [2.05, 4.69) is 50.9 Å². The quantitative estimate of drug-likeness (QED) is 0.743. The summed E-state index contributed by atoms with van der Waals surface area (Å²) in [6.07, 6.45) is 1.77. The molecule has 1 aliphatic rings. The van der Waals surface area contributed by atoms with Gasteiger partial charge in [-0.2, -0.15) is 5.26 Å². The lowest BCUT2D eigenvalue weighted by molar-refractivity contribution is 0.933. The Balaban J connectivity index is 2.29. The first kappa shape index (κ1) is 13.6. The van der Waals surface area contributed by atoms with Crippen molar-refractivity contribution in [3.05, 3.63) is 63.9 Å². The van der Waals surface area contributed by atoms with Gasteiger partial charge in [0.15, 0.2) is 0 Å². The zero-order chi connectivity index (χ0) is 15.1. The second-order valence-corrected chi connectivity index (χ2v) is 5.80. The molecule has 2 nitrogen and oxygen atoms in total. The normalized spacial score (nSPS) is 16.0. The smallest absolute Gasteiger partial charge is 0.0995 e. The van der Waals surface area contributed by atoms with E-state index in [1.165, 1.54) is 22.3 Å². The average molecular weight is 274 g/mol. The van der Waals surface area contributed by atoms with Gasteiger partial charge in [0.25, 0.3) is 0 Å². The van der Waals surface area contributed by atoms with Gasteiger partial charge in [-0.05, 0) is 62.6 Å². The molecule has 0 unspecified atom stereocenters. The van der Waals surface area contributed by atoms with E-state index in [-0.39, 0.29) is 5.92 Å². The van der Waals surface area contributed by atoms with E-state index in [1.807, 2.05) is 12.1 Å². The molecule has 0 aliphatic heterocycles. The molecule has 2 aromatic rings. The van der Waals surface area contributed by atoms with Crippen LogP contribution >= 0.6 is 0 Å². The third kappa shape index (κ3) is 1.97. The first-order chi connectivity index (χ1) is 10.0. The summed E-state index contributed by atoms with van der Waals surface area (Å²) >= 11 is 0. The van der Waals surface area contributed by atoms with Gasteiger partial charge in [0.1, 0.15) is 0 Å². The minimum absolute atomic E-state index is 0.226. The van der Waals surface area contributed by atoms with Crippen LogP contribution in [0.2, 0.25) is 0 Å². The molecule has 0 bridgehead atoms. The first-order valence-electron chi connectivity index (χ1n) is 7.18. The van der Waals surface area contributed by atoms with Gasteiger partial charge in [0.05, 0.1) is 17.1 Å². The average Bonchev–Trinajstić information content (AvgIpc) is 2.70. The molecule has 0 radical (unpaired) electrons. The maximum Gasteiger partial charge on any atom is 0.0995 e. The fraction of sp³-hybridized carbons (Fsp3) is 0.263. The number of hydrogen-bond donors (Lipinski definition) is 0. The summed E-state index contributed by atoms with van der Waals surface area (Å²) < 4.78 is 0. The Kier molecular flexibility index (Phi) is 3.14. The summed E-state index contributed by atoms with van der Waals surface area (Å²) in [4.78, 5) is 4.35. The second-order valence-electron chi connectivity index (χ2n) is 5.80. The van der Waals surface area contributed by atoms with E-state index >= 15 is 0 Å². The van der Waals surface area contributed by atoms with Gasteiger partial charge in [-0.15, -0.1) is 0 Å². The van der Waals surface area contributed by atoms with Crippen molar-refractivity contribution in [3.8, 4) is 6.07 Å². The van der Waals surface area contributed by atoms with E-state index in [0.717, 1.165) is 22.0 Å². The highest BCUT2D eigenvalue weighted by atomic mass is 14.6. The van der Waals surface area contributed by atoms with Gasteiger partial charge in [0.2, 0.25) is 0 Å². The number of nitrogens with zero attached hydrogens (tertiary/aromatic N) is 2. The van der Waals surface area contributed by atoms with Crippen LogP contribution in [0, 0.1) is 11.3 Å². The lowest BCUT2D eigenvalue weighted by Crippen LogP contribution is -2.03. The molecule has 104 valence electrons. The molecule has 1 aromatic heterocycles. The number of pyridine rings is 1. The topological polar surface area (TPSA) is 36.7 Å². The van der Waals surface area contributed by atoms with Gasteiger partial charge >= 0.3 is 0 Å². The van der Waals surface area contributed by atoms with Crippen LogP contribution in [0.4, 0.5) is 0 Å². The van der Waals surface area contributed by atoms with Crippen LogP contribution in [0.3, 0.4) is 0 Å². The van der Waals surface area contributed by atoms with E-state index in [9.17, 15) is 5.26 Å². The molecule has 0 spiro atoms. The maximum atomic E-state index is 9.53. The molecule has 0 saturated carbocycles. The fourth-order valence-corrected chi connectivity index (χ4v) is 3.29. The van der Waals surface area contributed by atoms with Crippen molar-refractivity contribution in [2.75, 3.05) is 0 Å². The van der Waals surface area contributed by atoms with Crippen LogP contribution in [0.15, 0.2) is 52.8 Å². The molecule has 1 heterocycles. The van der Waals surface area contributed by atoms with Crippen molar-refractivity contribution >= 4 is 10.9 Å². The monoisotopic (exact) mass is 274 g/mol. The van der Waals surface area contributed by atoms with Gasteiger partial charge in [-0.1, -0.05) is 17.2 Å². The molecule has 0 saturated heterocycles. The highest BCUT2D eigenvalue weighted by Crippen LogP contribution is 2.44. The van der Waals surface area contributed by atoms with Gasteiger partial charge in [-0.25, -0.2) is 0 Å². The Labute approximate surface area is 125 Å². The van der Waals surface area contributed by atoms with Crippen molar-refractivity contribution in [2.45, 2.75) is 33.6 Å². The SMILES string of the molecule is CC1=C(C)C(c2cc3cccnc3cc2C#N)C(C)=C1C. The standard InChI is InChI=1S/C19H18N2/c1-11-12(2)14(4)19(13(11)3)17-8-15-6-5-7-21-18(15)9-16(17)10-20/h5-9,19H,1-4H3.